The molecular weight excluding hydrogens is 308 g/mol. The zero-order chi connectivity index (χ0) is 17.7. The first-order valence-corrected chi connectivity index (χ1v) is 8.18. The number of rotatable bonds is 3. The lowest BCUT2D eigenvalue weighted by Gasteiger charge is -2.35. The molecule has 1 aliphatic heterocycles. The van der Waals surface area contributed by atoms with Crippen molar-refractivity contribution in [3.63, 3.8) is 0 Å². The van der Waals surface area contributed by atoms with Crippen molar-refractivity contribution in [2.75, 3.05) is 52.2 Å². The largest absolute Gasteiger partial charge is 0.494 e. The van der Waals surface area contributed by atoms with Crippen molar-refractivity contribution < 1.29 is 14.3 Å². The number of carbonyl (C=O) groups is 2. The van der Waals surface area contributed by atoms with E-state index in [1.165, 1.54) is 0 Å². The maximum absolute atomic E-state index is 12.4. The fraction of sp³-hybridized carbons (Fsp3) is 0.529. The molecule has 0 unspecified atom stereocenters. The SMILES string of the molecule is CCOc1cc(NC(=O)N2CCN(C(=O)N(C)C)CC2)ccc1C. The van der Waals surface area contributed by atoms with Crippen molar-refractivity contribution in [3.8, 4) is 5.75 Å². The number of nitrogens with one attached hydrogen (secondary N) is 1. The van der Waals surface area contributed by atoms with Crippen LogP contribution in [0.4, 0.5) is 15.3 Å². The van der Waals surface area contributed by atoms with Crippen LogP contribution < -0.4 is 10.1 Å². The first-order valence-electron chi connectivity index (χ1n) is 8.18. The van der Waals surface area contributed by atoms with Gasteiger partial charge in [0.1, 0.15) is 5.75 Å². The van der Waals surface area contributed by atoms with Crippen LogP contribution in [0.2, 0.25) is 0 Å². The molecular formula is C17H26N4O3. The van der Waals surface area contributed by atoms with Crippen LogP contribution in [0.15, 0.2) is 18.2 Å². The van der Waals surface area contributed by atoms with E-state index < -0.39 is 0 Å². The average molecular weight is 334 g/mol. The van der Waals surface area contributed by atoms with Gasteiger partial charge in [0.2, 0.25) is 0 Å². The molecule has 2 rings (SSSR count). The van der Waals surface area contributed by atoms with Gasteiger partial charge in [-0.2, -0.15) is 0 Å². The van der Waals surface area contributed by atoms with Crippen LogP contribution >= 0.6 is 0 Å². The molecule has 1 aliphatic rings. The van der Waals surface area contributed by atoms with Gasteiger partial charge in [0.15, 0.2) is 0 Å². The Hall–Kier alpha value is -2.44. The zero-order valence-electron chi connectivity index (χ0n) is 14.8. The zero-order valence-corrected chi connectivity index (χ0v) is 14.8. The summed E-state index contributed by atoms with van der Waals surface area (Å²) in [6.07, 6.45) is 0. The number of nitrogens with zero attached hydrogens (tertiary/aromatic N) is 3. The van der Waals surface area contributed by atoms with Crippen LogP contribution in [0.25, 0.3) is 0 Å². The van der Waals surface area contributed by atoms with E-state index in [1.54, 1.807) is 28.8 Å². The quantitative estimate of drug-likeness (QED) is 0.922. The number of hydrogen-bond donors (Lipinski definition) is 1. The molecule has 0 spiro atoms. The van der Waals surface area contributed by atoms with E-state index >= 15 is 0 Å². The van der Waals surface area contributed by atoms with Crippen LogP contribution in [0.3, 0.4) is 0 Å². The van der Waals surface area contributed by atoms with Crippen molar-refractivity contribution >= 4 is 17.7 Å². The molecule has 0 bridgehead atoms. The van der Waals surface area contributed by atoms with Crippen molar-refractivity contribution in [3.05, 3.63) is 23.8 Å². The van der Waals surface area contributed by atoms with Crippen LogP contribution in [-0.2, 0) is 0 Å². The lowest BCUT2D eigenvalue weighted by Crippen LogP contribution is -2.53. The maximum atomic E-state index is 12.4. The highest BCUT2D eigenvalue weighted by molar-refractivity contribution is 5.89. The molecule has 0 aromatic heterocycles. The molecule has 1 aromatic rings. The number of carbonyl (C=O) groups excluding carboxylic acids is 2. The molecule has 24 heavy (non-hydrogen) atoms. The highest BCUT2D eigenvalue weighted by Crippen LogP contribution is 2.23. The molecule has 7 heteroatoms. The number of benzene rings is 1. The molecule has 1 aromatic carbocycles. The van der Waals surface area contributed by atoms with Crippen LogP contribution in [0.1, 0.15) is 12.5 Å². The standard InChI is InChI=1S/C17H26N4O3/c1-5-24-15-12-14(7-6-13(15)2)18-16(22)20-8-10-21(11-9-20)17(23)19(3)4/h6-7,12H,5,8-11H2,1-4H3,(H,18,22). The van der Waals surface area contributed by atoms with Gasteiger partial charge in [0, 0.05) is 52.0 Å². The van der Waals surface area contributed by atoms with Crippen molar-refractivity contribution in [2.24, 2.45) is 0 Å². The number of piperazine rings is 1. The summed E-state index contributed by atoms with van der Waals surface area (Å²) in [5.41, 5.74) is 1.74. The summed E-state index contributed by atoms with van der Waals surface area (Å²) in [7, 11) is 3.46. The van der Waals surface area contributed by atoms with E-state index in [0.717, 1.165) is 11.3 Å². The molecule has 1 N–H and O–H groups in total. The summed E-state index contributed by atoms with van der Waals surface area (Å²) in [4.78, 5) is 29.3. The lowest BCUT2D eigenvalue weighted by molar-refractivity contribution is 0.133. The predicted molar refractivity (Wildman–Crippen MR) is 93.6 cm³/mol. The van der Waals surface area contributed by atoms with Crippen molar-refractivity contribution in [1.29, 1.82) is 0 Å². The van der Waals surface area contributed by atoms with Gasteiger partial charge in [-0.3, -0.25) is 0 Å². The Morgan fingerprint density at radius 1 is 1.17 bits per heavy atom. The second-order valence-corrected chi connectivity index (χ2v) is 5.99. The molecule has 0 aliphatic carbocycles. The highest BCUT2D eigenvalue weighted by atomic mass is 16.5. The van der Waals surface area contributed by atoms with Gasteiger partial charge < -0.3 is 24.8 Å². The summed E-state index contributed by atoms with van der Waals surface area (Å²) >= 11 is 0. The Kier molecular flexibility index (Phi) is 5.89. The Labute approximate surface area is 143 Å². The van der Waals surface area contributed by atoms with Crippen molar-refractivity contribution in [1.82, 2.24) is 14.7 Å². The molecule has 1 fully saturated rings. The van der Waals surface area contributed by atoms with Gasteiger partial charge in [-0.15, -0.1) is 0 Å². The Morgan fingerprint density at radius 3 is 2.38 bits per heavy atom. The normalized spacial score (nSPS) is 14.3. The van der Waals surface area contributed by atoms with Gasteiger partial charge in [-0.1, -0.05) is 6.07 Å². The number of anilines is 1. The van der Waals surface area contributed by atoms with Crippen LogP contribution in [0.5, 0.6) is 5.75 Å². The van der Waals surface area contributed by atoms with E-state index in [2.05, 4.69) is 5.32 Å². The number of hydrogen-bond acceptors (Lipinski definition) is 3. The Morgan fingerprint density at radius 2 is 1.79 bits per heavy atom. The molecule has 1 saturated heterocycles. The summed E-state index contributed by atoms with van der Waals surface area (Å²) in [6, 6.07) is 5.45. The first-order chi connectivity index (χ1) is 11.4. The number of amides is 4. The van der Waals surface area contributed by atoms with Crippen LogP contribution in [-0.4, -0.2) is 73.6 Å². The second kappa shape index (κ2) is 7.90. The molecule has 0 radical (unpaired) electrons. The minimum Gasteiger partial charge on any atom is -0.494 e. The van der Waals surface area contributed by atoms with E-state index in [0.29, 0.717) is 38.5 Å². The molecule has 1 heterocycles. The second-order valence-electron chi connectivity index (χ2n) is 5.99. The van der Waals surface area contributed by atoms with Gasteiger partial charge in [-0.25, -0.2) is 9.59 Å². The van der Waals surface area contributed by atoms with Gasteiger partial charge in [0.25, 0.3) is 0 Å². The smallest absolute Gasteiger partial charge is 0.321 e. The highest BCUT2D eigenvalue weighted by Gasteiger charge is 2.25. The predicted octanol–water partition coefficient (Wildman–Crippen LogP) is 2.22. The lowest BCUT2D eigenvalue weighted by atomic mass is 10.2. The molecule has 0 saturated carbocycles. The van der Waals surface area contributed by atoms with E-state index in [4.69, 9.17) is 4.74 Å². The topological polar surface area (TPSA) is 65.1 Å². The minimum atomic E-state index is -0.154. The Bertz CT molecular complexity index is 595. The average Bonchev–Trinajstić information content (AvgIpc) is 2.57. The van der Waals surface area contributed by atoms with E-state index in [9.17, 15) is 9.59 Å². The minimum absolute atomic E-state index is 0.0186. The first kappa shape index (κ1) is 17.9. The summed E-state index contributed by atoms with van der Waals surface area (Å²) in [5.74, 6) is 0.775. The monoisotopic (exact) mass is 334 g/mol. The third kappa shape index (κ3) is 4.31. The third-order valence-corrected chi connectivity index (χ3v) is 3.96. The molecule has 7 nitrogen and oxygen atoms in total. The summed E-state index contributed by atoms with van der Waals surface area (Å²) in [6.45, 7) is 6.62. The van der Waals surface area contributed by atoms with E-state index in [-0.39, 0.29) is 12.1 Å². The summed E-state index contributed by atoms with van der Waals surface area (Å²) < 4.78 is 5.55. The number of aryl methyl sites for hydroxylation is 1. The fourth-order valence-electron chi connectivity index (χ4n) is 2.58. The van der Waals surface area contributed by atoms with Gasteiger partial charge in [-0.05, 0) is 25.5 Å². The van der Waals surface area contributed by atoms with Gasteiger partial charge >= 0.3 is 12.1 Å². The van der Waals surface area contributed by atoms with Crippen LogP contribution in [0, 0.1) is 6.92 Å². The third-order valence-electron chi connectivity index (χ3n) is 3.96. The molecule has 132 valence electrons. The fourth-order valence-corrected chi connectivity index (χ4v) is 2.58. The molecule has 0 atom stereocenters. The molecule has 4 amide bonds. The number of ether oxygens (including phenoxy) is 1. The maximum Gasteiger partial charge on any atom is 0.321 e. The van der Waals surface area contributed by atoms with Gasteiger partial charge in [0.05, 0.1) is 6.61 Å². The van der Waals surface area contributed by atoms with E-state index in [1.807, 2.05) is 32.0 Å². The van der Waals surface area contributed by atoms with Crippen molar-refractivity contribution in [2.45, 2.75) is 13.8 Å². The number of urea groups is 2. The summed E-state index contributed by atoms with van der Waals surface area (Å²) in [5, 5.41) is 2.90. The Balaban J connectivity index is 1.92.